The average molecular weight is 186 g/mol. The maximum Gasteiger partial charge on any atom is 0.333 e. The fraction of sp³-hybridized carbons (Fsp3) is 0.556. The predicted octanol–water partition coefficient (Wildman–Crippen LogP) is 1.06. The van der Waals surface area contributed by atoms with E-state index in [-0.39, 0.29) is 0 Å². The molecule has 4 nitrogen and oxygen atoms in total. The molecule has 74 valence electrons. The molecule has 0 fully saturated rings. The second-order valence-electron chi connectivity index (χ2n) is 2.27. The van der Waals surface area contributed by atoms with E-state index in [0.29, 0.717) is 18.6 Å². The molecule has 0 rings (SSSR count). The summed E-state index contributed by atoms with van der Waals surface area (Å²) >= 11 is 0. The van der Waals surface area contributed by atoms with Crippen LogP contribution in [-0.2, 0) is 19.1 Å². The first-order valence-electron chi connectivity index (χ1n) is 4.11. The van der Waals surface area contributed by atoms with Gasteiger partial charge in [0.15, 0.2) is 0 Å². The summed E-state index contributed by atoms with van der Waals surface area (Å²) in [5.74, 6) is -1.000. The maximum absolute atomic E-state index is 11.0. The molecule has 13 heavy (non-hydrogen) atoms. The highest BCUT2D eigenvalue weighted by atomic mass is 16.5. The van der Waals surface area contributed by atoms with Crippen molar-refractivity contribution in [1.82, 2.24) is 0 Å². The molecule has 0 saturated heterocycles. The van der Waals surface area contributed by atoms with E-state index < -0.39 is 11.9 Å². The van der Waals surface area contributed by atoms with Crippen molar-refractivity contribution in [2.75, 3.05) is 13.7 Å². The summed E-state index contributed by atoms with van der Waals surface area (Å²) in [6.07, 6.45) is 1.61. The van der Waals surface area contributed by atoms with Crippen LogP contribution in [0.3, 0.4) is 0 Å². The van der Waals surface area contributed by atoms with E-state index in [2.05, 4.69) is 9.47 Å². The van der Waals surface area contributed by atoms with Crippen LogP contribution in [0.1, 0.15) is 20.3 Å². The van der Waals surface area contributed by atoms with Gasteiger partial charge in [0.2, 0.25) is 0 Å². The smallest absolute Gasteiger partial charge is 0.333 e. The number of hydrogen-bond donors (Lipinski definition) is 0. The van der Waals surface area contributed by atoms with E-state index >= 15 is 0 Å². The molecule has 0 aromatic carbocycles. The first-order chi connectivity index (χ1) is 6.15. The zero-order valence-corrected chi connectivity index (χ0v) is 8.12. The van der Waals surface area contributed by atoms with Crippen LogP contribution >= 0.6 is 0 Å². The topological polar surface area (TPSA) is 52.6 Å². The summed E-state index contributed by atoms with van der Waals surface area (Å²) in [6.45, 7) is 3.77. The Morgan fingerprint density at radius 1 is 1.31 bits per heavy atom. The molecular weight excluding hydrogens is 172 g/mol. The quantitative estimate of drug-likeness (QED) is 0.486. The Bertz CT molecular complexity index is 218. The molecule has 0 amide bonds. The van der Waals surface area contributed by atoms with Gasteiger partial charge in [-0.2, -0.15) is 0 Å². The van der Waals surface area contributed by atoms with Gasteiger partial charge >= 0.3 is 11.9 Å². The lowest BCUT2D eigenvalue weighted by Gasteiger charge is -2.01. The second-order valence-corrected chi connectivity index (χ2v) is 2.27. The highest BCUT2D eigenvalue weighted by molar-refractivity contribution is 5.96. The van der Waals surface area contributed by atoms with Gasteiger partial charge < -0.3 is 9.47 Å². The van der Waals surface area contributed by atoms with Crippen molar-refractivity contribution in [3.8, 4) is 0 Å². The molecule has 0 N–H and O–H groups in total. The Morgan fingerprint density at radius 3 is 2.31 bits per heavy atom. The van der Waals surface area contributed by atoms with E-state index in [4.69, 9.17) is 0 Å². The third kappa shape index (κ3) is 4.30. The molecule has 0 spiro atoms. The lowest BCUT2D eigenvalue weighted by atomic mass is 10.2. The summed E-state index contributed by atoms with van der Waals surface area (Å²) in [5, 5.41) is 0. The van der Waals surface area contributed by atoms with Crippen molar-refractivity contribution in [3.63, 3.8) is 0 Å². The number of rotatable bonds is 4. The van der Waals surface area contributed by atoms with Gasteiger partial charge in [0.25, 0.3) is 0 Å². The number of carbonyl (C=O) groups excluding carboxylic acids is 2. The van der Waals surface area contributed by atoms with Crippen molar-refractivity contribution in [2.45, 2.75) is 20.3 Å². The van der Waals surface area contributed by atoms with Gasteiger partial charge in [-0.15, -0.1) is 0 Å². The lowest BCUT2D eigenvalue weighted by molar-refractivity contribution is -0.139. The van der Waals surface area contributed by atoms with Gasteiger partial charge in [0.05, 0.1) is 13.7 Å². The van der Waals surface area contributed by atoms with E-state index in [1.807, 2.05) is 0 Å². The molecule has 0 aliphatic rings. The highest BCUT2D eigenvalue weighted by Crippen LogP contribution is 2.03. The van der Waals surface area contributed by atoms with Gasteiger partial charge in [-0.25, -0.2) is 9.59 Å². The third-order valence-electron chi connectivity index (χ3n) is 1.41. The first-order valence-corrected chi connectivity index (χ1v) is 4.11. The van der Waals surface area contributed by atoms with Crippen LogP contribution < -0.4 is 0 Å². The van der Waals surface area contributed by atoms with Crippen LogP contribution in [0.25, 0.3) is 0 Å². The molecule has 0 radical (unpaired) electrons. The van der Waals surface area contributed by atoms with Gasteiger partial charge in [-0.05, 0) is 13.3 Å². The Labute approximate surface area is 77.5 Å². The van der Waals surface area contributed by atoms with Gasteiger partial charge in [0, 0.05) is 11.6 Å². The average Bonchev–Trinajstić information content (AvgIpc) is 2.13. The predicted molar refractivity (Wildman–Crippen MR) is 47.0 cm³/mol. The third-order valence-corrected chi connectivity index (χ3v) is 1.41. The van der Waals surface area contributed by atoms with Crippen LogP contribution in [-0.4, -0.2) is 25.7 Å². The van der Waals surface area contributed by atoms with Crippen LogP contribution in [0.15, 0.2) is 11.6 Å². The number of ether oxygens (including phenoxy) is 2. The molecule has 0 heterocycles. The largest absolute Gasteiger partial charge is 0.466 e. The number of methoxy groups -OCH3 is 1. The Kier molecular flexibility index (Phi) is 5.59. The normalized spacial score (nSPS) is 10.8. The molecule has 4 heteroatoms. The Balaban J connectivity index is 4.37. The highest BCUT2D eigenvalue weighted by Gasteiger charge is 2.09. The summed E-state index contributed by atoms with van der Waals surface area (Å²) in [7, 11) is 1.27. The fourth-order valence-electron chi connectivity index (χ4n) is 0.763. The van der Waals surface area contributed by atoms with Crippen LogP contribution in [0.2, 0.25) is 0 Å². The fourth-order valence-corrected chi connectivity index (χ4v) is 0.763. The Morgan fingerprint density at radius 2 is 1.92 bits per heavy atom. The second kappa shape index (κ2) is 6.22. The van der Waals surface area contributed by atoms with Crippen molar-refractivity contribution < 1.29 is 19.1 Å². The monoisotopic (exact) mass is 186 g/mol. The first kappa shape index (κ1) is 11.7. The van der Waals surface area contributed by atoms with Crippen molar-refractivity contribution in [2.24, 2.45) is 0 Å². The molecule has 0 bridgehead atoms. The van der Waals surface area contributed by atoms with Gasteiger partial charge in [-0.3, -0.25) is 0 Å². The minimum Gasteiger partial charge on any atom is -0.466 e. The molecule has 0 atom stereocenters. The van der Waals surface area contributed by atoms with Crippen LogP contribution in [0.4, 0.5) is 0 Å². The number of hydrogen-bond acceptors (Lipinski definition) is 4. The molecule has 0 unspecified atom stereocenters. The molecule has 0 aromatic rings. The molecule has 0 aromatic heterocycles. The van der Waals surface area contributed by atoms with Crippen molar-refractivity contribution >= 4 is 11.9 Å². The van der Waals surface area contributed by atoms with Gasteiger partial charge in [-0.1, -0.05) is 6.92 Å². The van der Waals surface area contributed by atoms with E-state index in [9.17, 15) is 9.59 Å². The van der Waals surface area contributed by atoms with Gasteiger partial charge in [0.1, 0.15) is 0 Å². The summed E-state index contributed by atoms with van der Waals surface area (Å²) < 4.78 is 9.11. The number of carbonyl (C=O) groups is 2. The summed E-state index contributed by atoms with van der Waals surface area (Å²) in [6, 6.07) is 0. The Hall–Kier alpha value is -1.32. The number of esters is 2. The lowest BCUT2D eigenvalue weighted by Crippen LogP contribution is -2.08. The summed E-state index contributed by atoms with van der Waals surface area (Å²) in [5.41, 5.74) is 0.320. The van der Waals surface area contributed by atoms with Crippen LogP contribution in [0.5, 0.6) is 0 Å². The minimum atomic E-state index is -0.509. The molecular formula is C9H14O4. The zero-order chi connectivity index (χ0) is 10.3. The SMILES string of the molecule is CCOC(=O)/C=C(\CC)C(=O)OC. The minimum absolute atomic E-state index is 0.299. The molecule has 0 aliphatic heterocycles. The molecule has 0 aliphatic carbocycles. The maximum atomic E-state index is 11.0. The van der Waals surface area contributed by atoms with Crippen molar-refractivity contribution in [1.29, 1.82) is 0 Å². The zero-order valence-electron chi connectivity index (χ0n) is 8.12. The van der Waals surface area contributed by atoms with Crippen LogP contribution in [0, 0.1) is 0 Å². The van der Waals surface area contributed by atoms with E-state index in [0.717, 1.165) is 6.08 Å². The van der Waals surface area contributed by atoms with E-state index in [1.165, 1.54) is 7.11 Å². The molecule has 0 saturated carbocycles. The summed E-state index contributed by atoms with van der Waals surface area (Å²) in [4.78, 5) is 21.9. The van der Waals surface area contributed by atoms with Crippen molar-refractivity contribution in [3.05, 3.63) is 11.6 Å². The standard InChI is InChI=1S/C9H14O4/c1-4-7(9(11)12-3)6-8(10)13-5-2/h6H,4-5H2,1-3H3/b7-6+. The van der Waals surface area contributed by atoms with E-state index in [1.54, 1.807) is 13.8 Å².